The minimum absolute atomic E-state index is 0.183. The standard InChI is InChI=1S/C21H23NO5/c1-3-15-4-8-17(9-5-15)22-21(24)14(2)27-20(23)11-7-16-6-10-18-19(12-16)26-13-25-18/h4-6,8-10,12,14H,3,7,11,13H2,1-2H3,(H,22,24). The van der Waals surface area contributed by atoms with Crippen LogP contribution >= 0.6 is 0 Å². The fourth-order valence-corrected chi connectivity index (χ4v) is 2.72. The SMILES string of the molecule is CCc1ccc(NC(=O)C(C)OC(=O)CCc2ccc3c(c2)OCO3)cc1. The lowest BCUT2D eigenvalue weighted by atomic mass is 10.1. The van der Waals surface area contributed by atoms with E-state index in [0.717, 1.165) is 12.0 Å². The maximum Gasteiger partial charge on any atom is 0.306 e. The molecule has 1 heterocycles. The van der Waals surface area contributed by atoms with Gasteiger partial charge in [-0.05, 0) is 55.2 Å². The van der Waals surface area contributed by atoms with Gasteiger partial charge < -0.3 is 19.5 Å². The third kappa shape index (κ3) is 5.00. The summed E-state index contributed by atoms with van der Waals surface area (Å²) in [7, 11) is 0. The van der Waals surface area contributed by atoms with Crippen molar-refractivity contribution < 1.29 is 23.8 Å². The number of fused-ring (bicyclic) bond motifs is 1. The van der Waals surface area contributed by atoms with Crippen molar-refractivity contribution in [3.8, 4) is 11.5 Å². The van der Waals surface area contributed by atoms with Crippen molar-refractivity contribution in [2.75, 3.05) is 12.1 Å². The molecule has 2 aromatic carbocycles. The zero-order valence-electron chi connectivity index (χ0n) is 15.5. The van der Waals surface area contributed by atoms with Crippen LogP contribution in [0.4, 0.5) is 5.69 Å². The fraction of sp³-hybridized carbons (Fsp3) is 0.333. The van der Waals surface area contributed by atoms with Crippen LogP contribution in [0.15, 0.2) is 42.5 Å². The molecule has 1 aliphatic rings. The zero-order chi connectivity index (χ0) is 19.2. The molecule has 3 rings (SSSR count). The normalized spacial score (nSPS) is 13.1. The van der Waals surface area contributed by atoms with E-state index in [2.05, 4.69) is 12.2 Å². The molecule has 0 aliphatic carbocycles. The van der Waals surface area contributed by atoms with Crippen molar-refractivity contribution in [1.82, 2.24) is 0 Å². The summed E-state index contributed by atoms with van der Waals surface area (Å²) >= 11 is 0. The second-order valence-corrected chi connectivity index (χ2v) is 6.36. The number of anilines is 1. The molecule has 0 saturated heterocycles. The van der Waals surface area contributed by atoms with Crippen molar-refractivity contribution in [2.45, 2.75) is 39.2 Å². The highest BCUT2D eigenvalue weighted by Crippen LogP contribution is 2.32. The van der Waals surface area contributed by atoms with Crippen LogP contribution in [0.2, 0.25) is 0 Å². The molecule has 6 heteroatoms. The van der Waals surface area contributed by atoms with Crippen LogP contribution in [-0.2, 0) is 27.2 Å². The topological polar surface area (TPSA) is 73.9 Å². The van der Waals surface area contributed by atoms with Crippen LogP contribution in [0, 0.1) is 0 Å². The molecule has 1 amide bonds. The van der Waals surface area contributed by atoms with Gasteiger partial charge in [-0.25, -0.2) is 0 Å². The Morgan fingerprint density at radius 2 is 1.78 bits per heavy atom. The molecule has 0 radical (unpaired) electrons. The predicted octanol–water partition coefficient (Wildman–Crippen LogP) is 3.48. The number of ether oxygens (including phenoxy) is 3. The number of nitrogens with one attached hydrogen (secondary N) is 1. The van der Waals surface area contributed by atoms with E-state index in [4.69, 9.17) is 14.2 Å². The van der Waals surface area contributed by atoms with Gasteiger partial charge in [-0.15, -0.1) is 0 Å². The largest absolute Gasteiger partial charge is 0.454 e. The highest BCUT2D eigenvalue weighted by molar-refractivity contribution is 5.95. The molecule has 1 N–H and O–H groups in total. The van der Waals surface area contributed by atoms with Gasteiger partial charge in [-0.2, -0.15) is 0 Å². The summed E-state index contributed by atoms with van der Waals surface area (Å²) in [6, 6.07) is 13.1. The van der Waals surface area contributed by atoms with Gasteiger partial charge in [-0.1, -0.05) is 25.1 Å². The lowest BCUT2D eigenvalue weighted by Gasteiger charge is -2.14. The number of carbonyl (C=O) groups excluding carboxylic acids is 2. The summed E-state index contributed by atoms with van der Waals surface area (Å²) in [6.07, 6.45) is 0.760. The molecule has 2 aromatic rings. The van der Waals surface area contributed by atoms with Gasteiger partial charge in [0.25, 0.3) is 5.91 Å². The summed E-state index contributed by atoms with van der Waals surface area (Å²) < 4.78 is 15.8. The van der Waals surface area contributed by atoms with Crippen LogP contribution in [0.1, 0.15) is 31.4 Å². The molecule has 1 unspecified atom stereocenters. The number of carbonyl (C=O) groups is 2. The number of rotatable bonds is 7. The van der Waals surface area contributed by atoms with Gasteiger partial charge >= 0.3 is 5.97 Å². The zero-order valence-corrected chi connectivity index (χ0v) is 15.5. The Labute approximate surface area is 158 Å². The molecule has 0 aromatic heterocycles. The number of benzene rings is 2. The summed E-state index contributed by atoms with van der Waals surface area (Å²) in [5.41, 5.74) is 2.82. The Kier molecular flexibility index (Phi) is 5.96. The lowest BCUT2D eigenvalue weighted by molar-refractivity contribution is -0.153. The molecular formula is C21H23NO5. The molecule has 1 atom stereocenters. The van der Waals surface area contributed by atoms with Gasteiger partial charge in [0.15, 0.2) is 17.6 Å². The van der Waals surface area contributed by atoms with Crippen LogP contribution in [-0.4, -0.2) is 24.8 Å². The second kappa shape index (κ2) is 8.58. The molecule has 6 nitrogen and oxygen atoms in total. The Morgan fingerprint density at radius 3 is 2.52 bits per heavy atom. The van der Waals surface area contributed by atoms with Crippen LogP contribution in [0.5, 0.6) is 11.5 Å². The summed E-state index contributed by atoms with van der Waals surface area (Å²) in [6.45, 7) is 3.85. The Hall–Kier alpha value is -3.02. The van der Waals surface area contributed by atoms with Gasteiger partial charge in [0.1, 0.15) is 0 Å². The average molecular weight is 369 g/mol. The number of amides is 1. The van der Waals surface area contributed by atoms with E-state index >= 15 is 0 Å². The van der Waals surface area contributed by atoms with Crippen molar-refractivity contribution in [1.29, 1.82) is 0 Å². The highest BCUT2D eigenvalue weighted by atomic mass is 16.7. The van der Waals surface area contributed by atoms with E-state index in [9.17, 15) is 9.59 Å². The third-order valence-corrected chi connectivity index (χ3v) is 4.36. The number of hydrogen-bond donors (Lipinski definition) is 1. The molecular weight excluding hydrogens is 346 g/mol. The van der Waals surface area contributed by atoms with Crippen LogP contribution in [0.25, 0.3) is 0 Å². The van der Waals surface area contributed by atoms with Crippen molar-refractivity contribution in [3.05, 3.63) is 53.6 Å². The second-order valence-electron chi connectivity index (χ2n) is 6.36. The smallest absolute Gasteiger partial charge is 0.306 e. The monoisotopic (exact) mass is 369 g/mol. The first-order valence-electron chi connectivity index (χ1n) is 9.03. The Balaban J connectivity index is 1.45. The quantitative estimate of drug-likeness (QED) is 0.757. The fourth-order valence-electron chi connectivity index (χ4n) is 2.72. The van der Waals surface area contributed by atoms with Gasteiger partial charge in [0.05, 0.1) is 0 Å². The maximum absolute atomic E-state index is 12.2. The molecule has 0 fully saturated rings. The first kappa shape index (κ1) is 18.8. The first-order valence-corrected chi connectivity index (χ1v) is 9.03. The van der Waals surface area contributed by atoms with Gasteiger partial charge in [0.2, 0.25) is 6.79 Å². The summed E-state index contributed by atoms with van der Waals surface area (Å²) in [4.78, 5) is 24.2. The first-order chi connectivity index (χ1) is 13.0. The summed E-state index contributed by atoms with van der Waals surface area (Å²) in [5, 5.41) is 2.75. The van der Waals surface area contributed by atoms with E-state index in [0.29, 0.717) is 23.6 Å². The average Bonchev–Trinajstić information content (AvgIpc) is 3.14. The Morgan fingerprint density at radius 1 is 1.07 bits per heavy atom. The highest BCUT2D eigenvalue weighted by Gasteiger charge is 2.18. The minimum Gasteiger partial charge on any atom is -0.454 e. The third-order valence-electron chi connectivity index (χ3n) is 4.36. The molecule has 142 valence electrons. The van der Waals surface area contributed by atoms with E-state index in [-0.39, 0.29) is 19.1 Å². The van der Waals surface area contributed by atoms with Crippen molar-refractivity contribution in [2.24, 2.45) is 0 Å². The van der Waals surface area contributed by atoms with Crippen molar-refractivity contribution >= 4 is 17.6 Å². The van der Waals surface area contributed by atoms with Crippen LogP contribution in [0.3, 0.4) is 0 Å². The predicted molar refractivity (Wildman–Crippen MR) is 101 cm³/mol. The van der Waals surface area contributed by atoms with E-state index in [1.807, 2.05) is 42.5 Å². The molecule has 1 aliphatic heterocycles. The van der Waals surface area contributed by atoms with Gasteiger partial charge in [-0.3, -0.25) is 9.59 Å². The summed E-state index contributed by atoms with van der Waals surface area (Å²) in [5.74, 6) is 0.619. The number of esters is 1. The minimum atomic E-state index is -0.861. The maximum atomic E-state index is 12.2. The Bertz CT molecular complexity index is 816. The molecule has 0 bridgehead atoms. The molecule has 0 spiro atoms. The molecule has 0 saturated carbocycles. The lowest BCUT2D eigenvalue weighted by Crippen LogP contribution is -2.30. The van der Waals surface area contributed by atoms with E-state index in [1.165, 1.54) is 5.56 Å². The van der Waals surface area contributed by atoms with Crippen LogP contribution < -0.4 is 14.8 Å². The molecule has 27 heavy (non-hydrogen) atoms. The van der Waals surface area contributed by atoms with Gasteiger partial charge in [0, 0.05) is 12.1 Å². The van der Waals surface area contributed by atoms with E-state index < -0.39 is 12.1 Å². The van der Waals surface area contributed by atoms with E-state index in [1.54, 1.807) is 6.92 Å². The number of aryl methyl sites for hydroxylation is 2. The van der Waals surface area contributed by atoms with Crippen molar-refractivity contribution in [3.63, 3.8) is 0 Å². The number of hydrogen-bond acceptors (Lipinski definition) is 5.